The molecule has 28 heavy (non-hydrogen) atoms. The lowest BCUT2D eigenvalue weighted by Gasteiger charge is -2.09. The molecule has 0 spiro atoms. The minimum Gasteiger partial charge on any atom is -0.492 e. The van der Waals surface area contributed by atoms with Crippen LogP contribution in [0.25, 0.3) is 11.1 Å². The molecule has 0 radical (unpaired) electrons. The monoisotopic (exact) mass is 370 g/mol. The van der Waals surface area contributed by atoms with Gasteiger partial charge in [0.25, 0.3) is 0 Å². The van der Waals surface area contributed by atoms with E-state index in [-0.39, 0.29) is 0 Å². The van der Waals surface area contributed by atoms with Crippen molar-refractivity contribution in [1.29, 1.82) is 0 Å². The van der Waals surface area contributed by atoms with Crippen LogP contribution in [-0.4, -0.2) is 16.4 Å². The summed E-state index contributed by atoms with van der Waals surface area (Å²) >= 11 is 0. The summed E-state index contributed by atoms with van der Waals surface area (Å²) in [5, 5.41) is 4.41. The van der Waals surface area contributed by atoms with Gasteiger partial charge in [-0.25, -0.2) is 0 Å². The van der Waals surface area contributed by atoms with Gasteiger partial charge in [0.15, 0.2) is 0 Å². The Balaban J connectivity index is 1.25. The normalized spacial score (nSPS) is 10.6. The molecule has 4 heteroatoms. The van der Waals surface area contributed by atoms with E-state index in [9.17, 15) is 0 Å². The van der Waals surface area contributed by atoms with Gasteiger partial charge >= 0.3 is 0 Å². The number of benzene rings is 3. The van der Waals surface area contributed by atoms with Crippen LogP contribution in [0.4, 0.5) is 0 Å². The zero-order valence-corrected chi connectivity index (χ0v) is 15.6. The van der Waals surface area contributed by atoms with Gasteiger partial charge in [0, 0.05) is 11.8 Å². The molecule has 0 unspecified atom stereocenters. The van der Waals surface area contributed by atoms with Crippen molar-refractivity contribution in [2.75, 3.05) is 6.61 Å². The fraction of sp³-hybridized carbons (Fsp3) is 0.125. The molecule has 4 rings (SSSR count). The van der Waals surface area contributed by atoms with Gasteiger partial charge in [-0.05, 0) is 35.4 Å². The molecule has 0 aliphatic heterocycles. The molecule has 0 amide bonds. The van der Waals surface area contributed by atoms with Crippen molar-refractivity contribution in [1.82, 2.24) is 9.78 Å². The van der Waals surface area contributed by atoms with E-state index < -0.39 is 0 Å². The maximum absolute atomic E-state index is 5.83. The lowest BCUT2D eigenvalue weighted by molar-refractivity contribution is 0.287. The molecule has 0 N–H and O–H groups in total. The first-order valence-corrected chi connectivity index (χ1v) is 9.34. The predicted octanol–water partition coefficient (Wildman–Crippen LogP) is 5.21. The minimum atomic E-state index is 0.556. The van der Waals surface area contributed by atoms with E-state index in [1.807, 2.05) is 77.7 Å². The van der Waals surface area contributed by atoms with Gasteiger partial charge in [-0.2, -0.15) is 5.10 Å². The molecule has 0 saturated carbocycles. The molecule has 0 fully saturated rings. The number of hydrogen-bond acceptors (Lipinski definition) is 3. The quantitative estimate of drug-likeness (QED) is 0.427. The van der Waals surface area contributed by atoms with Gasteiger partial charge < -0.3 is 9.47 Å². The van der Waals surface area contributed by atoms with Gasteiger partial charge in [-0.1, -0.05) is 60.7 Å². The minimum absolute atomic E-state index is 0.556. The lowest BCUT2D eigenvalue weighted by Crippen LogP contribution is -2.08. The average molecular weight is 370 g/mol. The maximum Gasteiger partial charge on any atom is 0.120 e. The summed E-state index contributed by atoms with van der Waals surface area (Å²) in [7, 11) is 0. The van der Waals surface area contributed by atoms with Crippen LogP contribution in [0, 0.1) is 0 Å². The zero-order chi connectivity index (χ0) is 19.0. The van der Waals surface area contributed by atoms with E-state index in [0.717, 1.165) is 22.6 Å². The third kappa shape index (κ3) is 4.80. The molecule has 0 aliphatic carbocycles. The van der Waals surface area contributed by atoms with Crippen molar-refractivity contribution in [3.63, 3.8) is 0 Å². The summed E-state index contributed by atoms with van der Waals surface area (Å²) in [6.45, 7) is 1.81. The van der Waals surface area contributed by atoms with Crippen LogP contribution in [-0.2, 0) is 13.2 Å². The Morgan fingerprint density at radius 1 is 0.679 bits per heavy atom. The fourth-order valence-corrected chi connectivity index (χ4v) is 2.90. The summed E-state index contributed by atoms with van der Waals surface area (Å²) in [5.74, 6) is 1.65. The molecule has 4 nitrogen and oxygen atoms in total. The smallest absolute Gasteiger partial charge is 0.120 e. The lowest BCUT2D eigenvalue weighted by atomic mass is 10.1. The SMILES string of the molecule is c1ccc(COc2ccc(OCCn3cc(-c4ccccc4)cn3)cc2)cc1. The number of hydrogen-bond donors (Lipinski definition) is 0. The molecule has 1 heterocycles. The zero-order valence-electron chi connectivity index (χ0n) is 15.6. The summed E-state index contributed by atoms with van der Waals surface area (Å²) in [5.41, 5.74) is 3.43. The van der Waals surface area contributed by atoms with Crippen LogP contribution >= 0.6 is 0 Å². The first-order valence-electron chi connectivity index (χ1n) is 9.34. The Hall–Kier alpha value is -3.53. The van der Waals surface area contributed by atoms with Crippen molar-refractivity contribution < 1.29 is 9.47 Å². The van der Waals surface area contributed by atoms with E-state index in [2.05, 4.69) is 29.4 Å². The molecule has 4 aromatic rings. The second kappa shape index (κ2) is 8.91. The van der Waals surface area contributed by atoms with Gasteiger partial charge in [0.1, 0.15) is 24.7 Å². The highest BCUT2D eigenvalue weighted by Gasteiger charge is 2.02. The van der Waals surface area contributed by atoms with Crippen LogP contribution in [0.3, 0.4) is 0 Å². The first-order chi connectivity index (χ1) is 13.9. The highest BCUT2D eigenvalue weighted by molar-refractivity contribution is 5.61. The van der Waals surface area contributed by atoms with Crippen molar-refractivity contribution in [3.05, 3.63) is 103 Å². The number of nitrogens with zero attached hydrogens (tertiary/aromatic N) is 2. The summed E-state index contributed by atoms with van der Waals surface area (Å²) in [4.78, 5) is 0. The van der Waals surface area contributed by atoms with Gasteiger partial charge in [-0.3, -0.25) is 4.68 Å². The standard InChI is InChI=1S/C24H22N2O2/c1-3-7-20(8-4-1)19-28-24-13-11-23(12-14-24)27-16-15-26-18-22(17-25-26)21-9-5-2-6-10-21/h1-14,17-18H,15-16,19H2. The van der Waals surface area contributed by atoms with E-state index in [1.165, 1.54) is 5.56 Å². The Kier molecular flexibility index (Phi) is 5.68. The Morgan fingerprint density at radius 3 is 2.04 bits per heavy atom. The van der Waals surface area contributed by atoms with E-state index in [0.29, 0.717) is 19.8 Å². The predicted molar refractivity (Wildman–Crippen MR) is 110 cm³/mol. The van der Waals surface area contributed by atoms with Gasteiger partial charge in [0.05, 0.1) is 12.7 Å². The molecule has 0 bridgehead atoms. The Morgan fingerprint density at radius 2 is 1.32 bits per heavy atom. The fourth-order valence-electron chi connectivity index (χ4n) is 2.90. The highest BCUT2D eigenvalue weighted by Crippen LogP contribution is 2.19. The Labute approximate surface area is 165 Å². The molecular weight excluding hydrogens is 348 g/mol. The molecule has 0 aliphatic rings. The number of aromatic nitrogens is 2. The first kappa shape index (κ1) is 17.9. The Bertz CT molecular complexity index is 980. The van der Waals surface area contributed by atoms with Crippen LogP contribution < -0.4 is 9.47 Å². The summed E-state index contributed by atoms with van der Waals surface area (Å²) in [6.07, 6.45) is 3.92. The van der Waals surface area contributed by atoms with E-state index in [4.69, 9.17) is 9.47 Å². The van der Waals surface area contributed by atoms with E-state index in [1.54, 1.807) is 0 Å². The van der Waals surface area contributed by atoms with E-state index >= 15 is 0 Å². The van der Waals surface area contributed by atoms with Crippen LogP contribution in [0.1, 0.15) is 5.56 Å². The average Bonchev–Trinajstić information content (AvgIpc) is 3.24. The van der Waals surface area contributed by atoms with Crippen molar-refractivity contribution in [3.8, 4) is 22.6 Å². The maximum atomic E-state index is 5.83. The van der Waals surface area contributed by atoms with Crippen LogP contribution in [0.15, 0.2) is 97.3 Å². The van der Waals surface area contributed by atoms with Gasteiger partial charge in [0.2, 0.25) is 0 Å². The summed E-state index contributed by atoms with van der Waals surface area (Å²) in [6, 6.07) is 28.1. The van der Waals surface area contributed by atoms with Crippen LogP contribution in [0.2, 0.25) is 0 Å². The largest absolute Gasteiger partial charge is 0.492 e. The second-order valence-corrected chi connectivity index (χ2v) is 6.45. The summed E-state index contributed by atoms with van der Waals surface area (Å²) < 4.78 is 13.5. The molecule has 140 valence electrons. The molecule has 0 saturated heterocycles. The van der Waals surface area contributed by atoms with Crippen molar-refractivity contribution in [2.45, 2.75) is 13.2 Å². The molecular formula is C24H22N2O2. The molecule has 3 aromatic carbocycles. The molecule has 1 aromatic heterocycles. The molecule has 0 atom stereocenters. The van der Waals surface area contributed by atoms with Gasteiger partial charge in [-0.15, -0.1) is 0 Å². The van der Waals surface area contributed by atoms with Crippen molar-refractivity contribution >= 4 is 0 Å². The third-order valence-corrected chi connectivity index (χ3v) is 4.40. The topological polar surface area (TPSA) is 36.3 Å². The van der Waals surface area contributed by atoms with Crippen molar-refractivity contribution in [2.24, 2.45) is 0 Å². The number of rotatable bonds is 8. The second-order valence-electron chi connectivity index (χ2n) is 6.45. The number of ether oxygens (including phenoxy) is 2. The highest BCUT2D eigenvalue weighted by atomic mass is 16.5. The third-order valence-electron chi connectivity index (χ3n) is 4.40. The van der Waals surface area contributed by atoms with Crippen LogP contribution in [0.5, 0.6) is 11.5 Å².